The van der Waals surface area contributed by atoms with E-state index in [1.807, 2.05) is 12.1 Å². The number of aromatic nitrogens is 2. The minimum atomic E-state index is 0.406. The highest BCUT2D eigenvalue weighted by molar-refractivity contribution is 5.87. The fourth-order valence-corrected chi connectivity index (χ4v) is 2.12. The molecule has 0 amide bonds. The third-order valence-corrected chi connectivity index (χ3v) is 3.23. The molecule has 0 saturated carbocycles. The Bertz CT molecular complexity index is 821. The maximum absolute atomic E-state index is 5.90. The molecule has 22 heavy (non-hydrogen) atoms. The number of hydrogen-bond acceptors (Lipinski definition) is 6. The van der Waals surface area contributed by atoms with E-state index >= 15 is 0 Å². The van der Waals surface area contributed by atoms with Crippen molar-refractivity contribution in [3.8, 4) is 23.1 Å². The zero-order valence-corrected chi connectivity index (χ0v) is 12.2. The number of para-hydroxylation sites is 2. The fourth-order valence-electron chi connectivity index (χ4n) is 2.12. The van der Waals surface area contributed by atoms with Crippen molar-refractivity contribution in [1.82, 2.24) is 9.97 Å². The van der Waals surface area contributed by atoms with Crippen LogP contribution in [-0.2, 0) is 0 Å². The average Bonchev–Trinajstić information content (AvgIpc) is 2.56. The Balaban J connectivity index is 2.12. The summed E-state index contributed by atoms with van der Waals surface area (Å²) in [5.41, 5.74) is 7.13. The summed E-state index contributed by atoms with van der Waals surface area (Å²) in [6, 6.07) is 10.8. The van der Waals surface area contributed by atoms with Gasteiger partial charge in [-0.15, -0.1) is 0 Å². The van der Waals surface area contributed by atoms with Gasteiger partial charge >= 0.3 is 0 Å². The first-order valence-corrected chi connectivity index (χ1v) is 6.62. The summed E-state index contributed by atoms with van der Waals surface area (Å²) in [5.74, 6) is 2.12. The van der Waals surface area contributed by atoms with Crippen molar-refractivity contribution >= 4 is 16.6 Å². The first-order chi connectivity index (χ1) is 10.7. The van der Waals surface area contributed by atoms with Gasteiger partial charge in [0.2, 0.25) is 5.88 Å². The molecule has 6 heteroatoms. The van der Waals surface area contributed by atoms with Crippen LogP contribution in [0.3, 0.4) is 0 Å². The van der Waals surface area contributed by atoms with Crippen LogP contribution in [0.25, 0.3) is 10.9 Å². The Morgan fingerprint density at radius 3 is 2.36 bits per heavy atom. The zero-order valence-electron chi connectivity index (χ0n) is 12.2. The Labute approximate surface area is 127 Å². The first-order valence-electron chi connectivity index (χ1n) is 6.62. The Hall–Kier alpha value is -3.02. The molecule has 0 fully saturated rings. The van der Waals surface area contributed by atoms with Crippen molar-refractivity contribution in [2.24, 2.45) is 0 Å². The normalized spacial score (nSPS) is 10.5. The van der Waals surface area contributed by atoms with Crippen LogP contribution in [0.1, 0.15) is 0 Å². The van der Waals surface area contributed by atoms with Crippen molar-refractivity contribution < 1.29 is 14.2 Å². The number of nitrogens with zero attached hydrogens (tertiary/aromatic N) is 2. The van der Waals surface area contributed by atoms with Crippen LogP contribution < -0.4 is 19.9 Å². The highest BCUT2D eigenvalue weighted by atomic mass is 16.5. The summed E-state index contributed by atoms with van der Waals surface area (Å²) in [7, 11) is 3.15. The predicted molar refractivity (Wildman–Crippen MR) is 83.6 cm³/mol. The van der Waals surface area contributed by atoms with Crippen LogP contribution in [0.2, 0.25) is 0 Å². The quantitative estimate of drug-likeness (QED) is 0.746. The molecule has 0 aliphatic heterocycles. The van der Waals surface area contributed by atoms with Crippen molar-refractivity contribution in [3.05, 3.63) is 42.7 Å². The van der Waals surface area contributed by atoms with E-state index in [1.165, 1.54) is 6.33 Å². The molecule has 0 spiro atoms. The lowest BCUT2D eigenvalue weighted by atomic mass is 10.2. The number of ether oxygens (including phenoxy) is 3. The maximum Gasteiger partial charge on any atom is 0.230 e. The van der Waals surface area contributed by atoms with E-state index in [1.54, 1.807) is 38.5 Å². The van der Waals surface area contributed by atoms with E-state index in [4.69, 9.17) is 19.9 Å². The number of fused-ring (bicyclic) bond motifs is 1. The second kappa shape index (κ2) is 5.77. The van der Waals surface area contributed by atoms with E-state index in [9.17, 15) is 0 Å². The summed E-state index contributed by atoms with van der Waals surface area (Å²) in [6.45, 7) is 0. The van der Waals surface area contributed by atoms with E-state index < -0.39 is 0 Å². The van der Waals surface area contributed by atoms with E-state index in [2.05, 4.69) is 9.97 Å². The smallest absolute Gasteiger partial charge is 0.230 e. The molecule has 3 aromatic rings. The van der Waals surface area contributed by atoms with Gasteiger partial charge in [-0.05, 0) is 18.2 Å². The standard InChI is InChI=1S/C16H15N3O3/c1-20-14-7-10-12(8-15(14)21-2)18-9-19-16(10)22-13-6-4-3-5-11(13)17/h3-9H,17H2,1-2H3. The molecule has 0 aliphatic rings. The number of nitrogen functional groups attached to an aromatic ring is 1. The Kier molecular flexibility index (Phi) is 3.65. The van der Waals surface area contributed by atoms with Crippen molar-refractivity contribution in [2.75, 3.05) is 20.0 Å². The van der Waals surface area contributed by atoms with Gasteiger partial charge in [0.15, 0.2) is 17.2 Å². The molecule has 0 saturated heterocycles. The van der Waals surface area contributed by atoms with Crippen LogP contribution in [0.5, 0.6) is 23.1 Å². The summed E-state index contributed by atoms with van der Waals surface area (Å²) in [4.78, 5) is 8.42. The SMILES string of the molecule is COc1cc2ncnc(Oc3ccccc3N)c2cc1OC. The second-order valence-electron chi connectivity index (χ2n) is 4.54. The molecular formula is C16H15N3O3. The molecule has 112 valence electrons. The van der Waals surface area contributed by atoms with Crippen molar-refractivity contribution in [2.45, 2.75) is 0 Å². The highest BCUT2D eigenvalue weighted by Crippen LogP contribution is 2.36. The third-order valence-electron chi connectivity index (χ3n) is 3.23. The minimum Gasteiger partial charge on any atom is -0.493 e. The van der Waals surface area contributed by atoms with Gasteiger partial charge in [-0.2, -0.15) is 0 Å². The molecule has 2 aromatic carbocycles. The van der Waals surface area contributed by atoms with Crippen LogP contribution in [0.4, 0.5) is 5.69 Å². The molecule has 3 rings (SSSR count). The minimum absolute atomic E-state index is 0.406. The summed E-state index contributed by atoms with van der Waals surface area (Å²) >= 11 is 0. The monoisotopic (exact) mass is 297 g/mol. The topological polar surface area (TPSA) is 79.5 Å². The summed E-state index contributed by atoms with van der Waals surface area (Å²) < 4.78 is 16.4. The number of methoxy groups -OCH3 is 2. The lowest BCUT2D eigenvalue weighted by Crippen LogP contribution is -1.96. The van der Waals surface area contributed by atoms with Gasteiger partial charge in [-0.25, -0.2) is 9.97 Å². The first kappa shape index (κ1) is 13.9. The molecule has 1 aromatic heterocycles. The van der Waals surface area contributed by atoms with Gasteiger partial charge in [-0.3, -0.25) is 0 Å². The molecule has 6 nitrogen and oxygen atoms in total. The number of benzene rings is 2. The summed E-state index contributed by atoms with van der Waals surface area (Å²) in [5, 5.41) is 0.711. The predicted octanol–water partition coefficient (Wildman–Crippen LogP) is 3.02. The van der Waals surface area contributed by atoms with Crippen LogP contribution in [0, 0.1) is 0 Å². The van der Waals surface area contributed by atoms with Crippen LogP contribution in [0.15, 0.2) is 42.7 Å². The molecule has 0 radical (unpaired) electrons. The van der Waals surface area contributed by atoms with Crippen molar-refractivity contribution in [3.63, 3.8) is 0 Å². The molecule has 0 unspecified atom stereocenters. The molecule has 0 bridgehead atoms. The van der Waals surface area contributed by atoms with Gasteiger partial charge in [0.25, 0.3) is 0 Å². The zero-order chi connectivity index (χ0) is 15.5. The summed E-state index contributed by atoms with van der Waals surface area (Å²) in [6.07, 6.45) is 1.43. The van der Waals surface area contributed by atoms with Crippen LogP contribution in [-0.4, -0.2) is 24.2 Å². The molecule has 0 aliphatic carbocycles. The molecular weight excluding hydrogens is 282 g/mol. The highest BCUT2D eigenvalue weighted by Gasteiger charge is 2.13. The maximum atomic E-state index is 5.90. The number of rotatable bonds is 4. The molecule has 2 N–H and O–H groups in total. The second-order valence-corrected chi connectivity index (χ2v) is 4.54. The number of nitrogens with two attached hydrogens (primary N) is 1. The van der Waals surface area contributed by atoms with Crippen LogP contribution >= 0.6 is 0 Å². The van der Waals surface area contributed by atoms with E-state index in [0.717, 1.165) is 0 Å². The molecule has 1 heterocycles. The van der Waals surface area contributed by atoms with Gasteiger partial charge in [-0.1, -0.05) is 12.1 Å². The van der Waals surface area contributed by atoms with E-state index in [-0.39, 0.29) is 0 Å². The Morgan fingerprint density at radius 1 is 0.909 bits per heavy atom. The molecule has 0 atom stereocenters. The van der Waals surface area contributed by atoms with Gasteiger partial charge < -0.3 is 19.9 Å². The average molecular weight is 297 g/mol. The van der Waals surface area contributed by atoms with E-state index in [0.29, 0.717) is 39.7 Å². The van der Waals surface area contributed by atoms with Crippen molar-refractivity contribution in [1.29, 1.82) is 0 Å². The third kappa shape index (κ3) is 2.46. The van der Waals surface area contributed by atoms with Gasteiger partial charge in [0.05, 0.1) is 30.8 Å². The van der Waals surface area contributed by atoms with Gasteiger partial charge in [0.1, 0.15) is 6.33 Å². The fraction of sp³-hybridized carbons (Fsp3) is 0.125. The Morgan fingerprint density at radius 2 is 1.64 bits per heavy atom. The lowest BCUT2D eigenvalue weighted by Gasteiger charge is -2.12. The van der Waals surface area contributed by atoms with Gasteiger partial charge in [0, 0.05) is 6.07 Å². The number of anilines is 1. The number of hydrogen-bond donors (Lipinski definition) is 1. The largest absolute Gasteiger partial charge is 0.493 e. The lowest BCUT2D eigenvalue weighted by molar-refractivity contribution is 0.355.